The zero-order valence-electron chi connectivity index (χ0n) is 15.3. The van der Waals surface area contributed by atoms with Crippen molar-refractivity contribution < 1.29 is 4.79 Å². The highest BCUT2D eigenvalue weighted by Crippen LogP contribution is 2.17. The van der Waals surface area contributed by atoms with Crippen LogP contribution in [0.1, 0.15) is 18.9 Å². The van der Waals surface area contributed by atoms with Crippen molar-refractivity contribution >= 4 is 23.5 Å². The third-order valence-corrected chi connectivity index (χ3v) is 4.55. The minimum absolute atomic E-state index is 0.0116. The first-order valence-corrected chi connectivity index (χ1v) is 9.19. The lowest BCUT2D eigenvalue weighted by molar-refractivity contribution is -0.115. The first-order chi connectivity index (χ1) is 12.7. The second-order valence-corrected chi connectivity index (χ2v) is 6.40. The summed E-state index contributed by atoms with van der Waals surface area (Å²) in [5.74, 6) is 0.604. The fourth-order valence-electron chi connectivity index (χ4n) is 2.97. The number of piperazine rings is 1. The number of hydrogen-bond donors (Lipinski definition) is 1. The van der Waals surface area contributed by atoms with Gasteiger partial charge < -0.3 is 10.2 Å². The van der Waals surface area contributed by atoms with Crippen LogP contribution in [-0.4, -0.2) is 48.5 Å². The first-order valence-electron chi connectivity index (χ1n) is 9.19. The normalized spacial score (nSPS) is 15.3. The van der Waals surface area contributed by atoms with Gasteiger partial charge >= 0.3 is 0 Å². The SMILES string of the molecule is CCC(=O)Nc1ccc(N2CCN(C/C=C/c3ccccc3)CC2)cn1. The van der Waals surface area contributed by atoms with Gasteiger partial charge in [0.2, 0.25) is 5.91 Å². The predicted molar refractivity (Wildman–Crippen MR) is 107 cm³/mol. The lowest BCUT2D eigenvalue weighted by atomic mass is 10.2. The van der Waals surface area contributed by atoms with Gasteiger partial charge in [-0.1, -0.05) is 49.4 Å². The summed E-state index contributed by atoms with van der Waals surface area (Å²) < 4.78 is 0. The Morgan fingerprint density at radius 1 is 1.12 bits per heavy atom. The molecule has 1 N–H and O–H groups in total. The van der Waals surface area contributed by atoms with Crippen LogP contribution in [0.2, 0.25) is 0 Å². The van der Waals surface area contributed by atoms with Crippen LogP contribution < -0.4 is 10.2 Å². The summed E-state index contributed by atoms with van der Waals surface area (Å²) in [6.07, 6.45) is 6.72. The molecule has 2 aromatic rings. The number of carbonyl (C=O) groups is 1. The summed E-state index contributed by atoms with van der Waals surface area (Å²) in [7, 11) is 0. The van der Waals surface area contributed by atoms with Gasteiger partial charge in [-0.2, -0.15) is 0 Å². The molecule has 1 saturated heterocycles. The number of carbonyl (C=O) groups excluding carboxylic acids is 1. The van der Waals surface area contributed by atoms with Crippen LogP contribution in [0, 0.1) is 0 Å². The van der Waals surface area contributed by atoms with Crippen LogP contribution in [0.25, 0.3) is 6.08 Å². The molecule has 1 aromatic heterocycles. The van der Waals surface area contributed by atoms with E-state index in [9.17, 15) is 4.79 Å². The summed E-state index contributed by atoms with van der Waals surface area (Å²) >= 11 is 0. The third kappa shape index (κ3) is 5.17. The summed E-state index contributed by atoms with van der Waals surface area (Å²) in [5, 5.41) is 2.78. The molecule has 0 saturated carbocycles. The maximum Gasteiger partial charge on any atom is 0.225 e. The minimum atomic E-state index is -0.0116. The molecule has 3 rings (SSSR count). The Bertz CT molecular complexity index is 719. The van der Waals surface area contributed by atoms with E-state index in [0.717, 1.165) is 38.4 Å². The number of amides is 1. The van der Waals surface area contributed by atoms with Gasteiger partial charge in [0.25, 0.3) is 0 Å². The molecule has 1 amide bonds. The summed E-state index contributed by atoms with van der Waals surface area (Å²) in [5.41, 5.74) is 2.35. The summed E-state index contributed by atoms with van der Waals surface area (Å²) in [6, 6.07) is 14.3. The Morgan fingerprint density at radius 2 is 1.88 bits per heavy atom. The van der Waals surface area contributed by atoms with Crippen molar-refractivity contribution in [3.63, 3.8) is 0 Å². The van der Waals surface area contributed by atoms with E-state index in [1.807, 2.05) is 31.3 Å². The van der Waals surface area contributed by atoms with Gasteiger partial charge in [-0.3, -0.25) is 9.69 Å². The van der Waals surface area contributed by atoms with Gasteiger partial charge in [0.15, 0.2) is 0 Å². The zero-order valence-corrected chi connectivity index (χ0v) is 15.3. The van der Waals surface area contributed by atoms with Crippen LogP contribution >= 0.6 is 0 Å². The van der Waals surface area contributed by atoms with Crippen LogP contribution in [0.5, 0.6) is 0 Å². The molecular weight excluding hydrogens is 324 g/mol. The Hall–Kier alpha value is -2.66. The highest BCUT2D eigenvalue weighted by Gasteiger charge is 2.16. The van der Waals surface area contributed by atoms with E-state index >= 15 is 0 Å². The fourth-order valence-corrected chi connectivity index (χ4v) is 2.97. The van der Waals surface area contributed by atoms with Gasteiger partial charge in [0.05, 0.1) is 11.9 Å². The van der Waals surface area contributed by atoms with Gasteiger partial charge in [-0.25, -0.2) is 4.98 Å². The fraction of sp³-hybridized carbons (Fsp3) is 0.333. The molecule has 5 nitrogen and oxygen atoms in total. The quantitative estimate of drug-likeness (QED) is 0.869. The van der Waals surface area contributed by atoms with Crippen LogP contribution in [0.3, 0.4) is 0 Å². The molecule has 0 atom stereocenters. The summed E-state index contributed by atoms with van der Waals surface area (Å²) in [6.45, 7) is 6.85. The lowest BCUT2D eigenvalue weighted by Crippen LogP contribution is -2.46. The zero-order chi connectivity index (χ0) is 18.2. The molecule has 0 unspecified atom stereocenters. The predicted octanol–water partition coefficient (Wildman–Crippen LogP) is 3.27. The molecule has 2 heterocycles. The Labute approximate surface area is 155 Å². The smallest absolute Gasteiger partial charge is 0.225 e. The van der Waals surface area contributed by atoms with Crippen molar-refractivity contribution in [2.75, 3.05) is 42.9 Å². The Morgan fingerprint density at radius 3 is 2.54 bits per heavy atom. The van der Waals surface area contributed by atoms with Crippen molar-refractivity contribution in [2.24, 2.45) is 0 Å². The van der Waals surface area contributed by atoms with Gasteiger partial charge in [-0.05, 0) is 17.7 Å². The summed E-state index contributed by atoms with van der Waals surface area (Å²) in [4.78, 5) is 20.6. The average molecular weight is 350 g/mol. The number of hydrogen-bond acceptors (Lipinski definition) is 4. The standard InChI is InChI=1S/C21H26N4O/c1-2-21(26)23-20-11-10-19(17-22-20)25-15-13-24(14-16-25)12-6-9-18-7-4-3-5-8-18/h3-11,17H,2,12-16H2,1H3,(H,22,23,26)/b9-6+. The molecule has 5 heteroatoms. The van der Waals surface area contributed by atoms with Crippen LogP contribution in [0.4, 0.5) is 11.5 Å². The maximum atomic E-state index is 11.4. The number of nitrogens with zero attached hydrogens (tertiary/aromatic N) is 3. The molecule has 1 aliphatic heterocycles. The number of anilines is 2. The molecule has 0 aliphatic carbocycles. The van der Waals surface area contributed by atoms with Crippen LogP contribution in [-0.2, 0) is 4.79 Å². The molecule has 1 aliphatic rings. The Kier molecular flexibility index (Phi) is 6.39. The van der Waals surface area contributed by atoms with Gasteiger partial charge in [0.1, 0.15) is 5.82 Å². The average Bonchev–Trinajstić information content (AvgIpc) is 2.70. The van der Waals surface area contributed by atoms with Crippen LogP contribution in [0.15, 0.2) is 54.7 Å². The van der Waals surface area contributed by atoms with E-state index in [4.69, 9.17) is 0 Å². The van der Waals surface area contributed by atoms with Crippen molar-refractivity contribution in [3.05, 3.63) is 60.3 Å². The molecule has 1 aromatic carbocycles. The van der Waals surface area contributed by atoms with Crippen molar-refractivity contribution in [2.45, 2.75) is 13.3 Å². The highest BCUT2D eigenvalue weighted by molar-refractivity contribution is 5.89. The topological polar surface area (TPSA) is 48.5 Å². The molecule has 0 spiro atoms. The number of aromatic nitrogens is 1. The van der Waals surface area contributed by atoms with Crippen molar-refractivity contribution in [1.29, 1.82) is 0 Å². The molecule has 0 radical (unpaired) electrons. The minimum Gasteiger partial charge on any atom is -0.368 e. The molecular formula is C21H26N4O. The molecule has 26 heavy (non-hydrogen) atoms. The number of rotatable bonds is 6. The van der Waals surface area contributed by atoms with Gasteiger partial charge in [-0.15, -0.1) is 0 Å². The highest BCUT2D eigenvalue weighted by atomic mass is 16.1. The van der Waals surface area contributed by atoms with E-state index in [1.54, 1.807) is 0 Å². The number of benzene rings is 1. The largest absolute Gasteiger partial charge is 0.368 e. The van der Waals surface area contributed by atoms with E-state index in [1.165, 1.54) is 5.56 Å². The van der Waals surface area contributed by atoms with Gasteiger partial charge in [0, 0.05) is 39.1 Å². The van der Waals surface area contributed by atoms with Crippen molar-refractivity contribution in [1.82, 2.24) is 9.88 Å². The first kappa shape index (κ1) is 18.1. The maximum absolute atomic E-state index is 11.4. The number of nitrogens with one attached hydrogen (secondary N) is 1. The second-order valence-electron chi connectivity index (χ2n) is 6.40. The lowest BCUT2D eigenvalue weighted by Gasteiger charge is -2.35. The third-order valence-electron chi connectivity index (χ3n) is 4.55. The van der Waals surface area contributed by atoms with E-state index in [-0.39, 0.29) is 5.91 Å². The monoisotopic (exact) mass is 350 g/mol. The van der Waals surface area contributed by atoms with E-state index in [0.29, 0.717) is 12.2 Å². The second kappa shape index (κ2) is 9.15. The van der Waals surface area contributed by atoms with E-state index < -0.39 is 0 Å². The molecule has 0 bridgehead atoms. The Balaban J connectivity index is 1.46. The molecule has 1 fully saturated rings. The van der Waals surface area contributed by atoms with Crippen molar-refractivity contribution in [3.8, 4) is 0 Å². The van der Waals surface area contributed by atoms with E-state index in [2.05, 4.69) is 56.5 Å². The molecule has 136 valence electrons. The number of pyridine rings is 1.